The molecule has 0 unspecified atom stereocenters. The number of benzene rings is 1. The Labute approximate surface area is 176 Å². The highest BCUT2D eigenvalue weighted by molar-refractivity contribution is 5.93. The Morgan fingerprint density at radius 3 is 2.90 bits per heavy atom. The molecule has 0 radical (unpaired) electrons. The number of nitrogens with zero attached hydrogens (tertiary/aromatic N) is 3. The number of pyridine rings is 2. The maximum atomic E-state index is 13.7. The molecule has 1 aliphatic rings. The zero-order valence-corrected chi connectivity index (χ0v) is 17.4. The van der Waals surface area contributed by atoms with Crippen LogP contribution < -0.4 is 9.64 Å². The largest absolute Gasteiger partial charge is 0.489 e. The molecule has 3 heterocycles. The molecule has 29 heavy (non-hydrogen) atoms. The van der Waals surface area contributed by atoms with Gasteiger partial charge in [-0.15, -0.1) is 12.4 Å². The molecular weight excluding hydrogens is 393 g/mol. The number of aromatic nitrogens is 2. The number of hydrogen-bond donors (Lipinski definition) is 0. The minimum absolute atomic E-state index is 0. The monoisotopic (exact) mass is 417 g/mol. The summed E-state index contributed by atoms with van der Waals surface area (Å²) in [5, 5.41) is 1.09. The van der Waals surface area contributed by atoms with E-state index in [1.54, 1.807) is 12.1 Å². The standard InChI is InChI=1S/C22H24FN3O2.ClH/c1-3-27-18-8-10-26(13-18)21-11-15(2)25-20-12-17(6-7-19(20)21)28-14-16-5-4-9-24-22(16)23;/h4-7,9,11-12,18H,3,8,10,13-14H2,1-2H3;1H/t18-;/m0./s1. The molecule has 0 N–H and O–H groups in total. The molecule has 0 amide bonds. The number of aryl methyl sites for hydroxylation is 1. The maximum absolute atomic E-state index is 13.7. The molecule has 1 aromatic carbocycles. The van der Waals surface area contributed by atoms with Gasteiger partial charge in [-0.2, -0.15) is 4.39 Å². The Morgan fingerprint density at radius 2 is 2.10 bits per heavy atom. The van der Waals surface area contributed by atoms with Crippen molar-refractivity contribution in [3.8, 4) is 5.75 Å². The van der Waals surface area contributed by atoms with Crippen LogP contribution in [0.25, 0.3) is 10.9 Å². The molecule has 1 saturated heterocycles. The van der Waals surface area contributed by atoms with Gasteiger partial charge in [-0.25, -0.2) is 4.98 Å². The second-order valence-corrected chi connectivity index (χ2v) is 7.02. The lowest BCUT2D eigenvalue weighted by Gasteiger charge is -2.21. The van der Waals surface area contributed by atoms with Gasteiger partial charge in [0.05, 0.1) is 11.6 Å². The lowest BCUT2D eigenvalue weighted by atomic mass is 10.1. The molecule has 0 aliphatic carbocycles. The molecule has 154 valence electrons. The number of hydrogen-bond acceptors (Lipinski definition) is 5. The summed E-state index contributed by atoms with van der Waals surface area (Å²) in [6.07, 6.45) is 2.75. The molecule has 0 bridgehead atoms. The Bertz CT molecular complexity index is 985. The Morgan fingerprint density at radius 1 is 1.24 bits per heavy atom. The first kappa shape index (κ1) is 21.3. The topological polar surface area (TPSA) is 47.5 Å². The number of rotatable bonds is 6. The Kier molecular flexibility index (Phi) is 6.87. The van der Waals surface area contributed by atoms with E-state index < -0.39 is 5.95 Å². The van der Waals surface area contributed by atoms with E-state index in [2.05, 4.69) is 20.9 Å². The second-order valence-electron chi connectivity index (χ2n) is 7.02. The molecule has 1 aliphatic heterocycles. The van der Waals surface area contributed by atoms with Gasteiger partial charge < -0.3 is 14.4 Å². The van der Waals surface area contributed by atoms with E-state index in [4.69, 9.17) is 9.47 Å². The van der Waals surface area contributed by atoms with Crippen molar-refractivity contribution >= 4 is 29.0 Å². The Balaban J connectivity index is 0.00000240. The minimum atomic E-state index is -0.502. The van der Waals surface area contributed by atoms with Crippen molar-refractivity contribution in [2.75, 3.05) is 24.6 Å². The van der Waals surface area contributed by atoms with Gasteiger partial charge >= 0.3 is 0 Å². The first-order chi connectivity index (χ1) is 13.6. The highest BCUT2D eigenvalue weighted by Gasteiger charge is 2.24. The number of ether oxygens (including phenoxy) is 2. The van der Waals surface area contributed by atoms with Crippen molar-refractivity contribution < 1.29 is 13.9 Å². The van der Waals surface area contributed by atoms with Crippen LogP contribution in [0.3, 0.4) is 0 Å². The molecule has 5 nitrogen and oxygen atoms in total. The third-order valence-electron chi connectivity index (χ3n) is 5.01. The summed E-state index contributed by atoms with van der Waals surface area (Å²) in [5.41, 5.74) is 3.44. The highest BCUT2D eigenvalue weighted by atomic mass is 35.5. The maximum Gasteiger partial charge on any atom is 0.219 e. The van der Waals surface area contributed by atoms with Gasteiger partial charge in [0.15, 0.2) is 0 Å². The van der Waals surface area contributed by atoms with Crippen molar-refractivity contribution in [2.24, 2.45) is 0 Å². The van der Waals surface area contributed by atoms with Gasteiger partial charge in [-0.3, -0.25) is 4.98 Å². The normalized spacial score (nSPS) is 16.1. The summed E-state index contributed by atoms with van der Waals surface area (Å²) in [7, 11) is 0. The van der Waals surface area contributed by atoms with Gasteiger partial charge in [-0.1, -0.05) is 0 Å². The van der Waals surface area contributed by atoms with E-state index in [9.17, 15) is 4.39 Å². The lowest BCUT2D eigenvalue weighted by Crippen LogP contribution is -2.23. The fourth-order valence-corrected chi connectivity index (χ4v) is 3.68. The molecule has 7 heteroatoms. The van der Waals surface area contributed by atoms with Crippen molar-refractivity contribution in [3.63, 3.8) is 0 Å². The van der Waals surface area contributed by atoms with Crippen LogP contribution >= 0.6 is 12.4 Å². The third kappa shape index (κ3) is 4.77. The number of halogens is 2. The van der Waals surface area contributed by atoms with Gasteiger partial charge in [0, 0.05) is 54.3 Å². The molecule has 1 fully saturated rings. The van der Waals surface area contributed by atoms with Crippen LogP contribution in [0.1, 0.15) is 24.6 Å². The van der Waals surface area contributed by atoms with Crippen LogP contribution in [0.15, 0.2) is 42.6 Å². The molecule has 1 atom stereocenters. The van der Waals surface area contributed by atoms with Crippen LogP contribution in [0.4, 0.5) is 10.1 Å². The average Bonchev–Trinajstić information content (AvgIpc) is 3.15. The summed E-state index contributed by atoms with van der Waals surface area (Å²) in [5.74, 6) is 0.158. The Hall–Kier alpha value is -2.44. The van der Waals surface area contributed by atoms with Crippen LogP contribution in [0.2, 0.25) is 0 Å². The van der Waals surface area contributed by atoms with Crippen molar-refractivity contribution in [2.45, 2.75) is 33.0 Å². The fourth-order valence-electron chi connectivity index (χ4n) is 3.68. The smallest absolute Gasteiger partial charge is 0.219 e. The van der Waals surface area contributed by atoms with Crippen molar-refractivity contribution in [3.05, 3.63) is 59.8 Å². The molecular formula is C22H25ClFN3O2. The number of anilines is 1. The SMILES string of the molecule is CCO[C@H]1CCN(c2cc(C)nc3cc(OCc4cccnc4F)ccc23)C1.Cl. The minimum Gasteiger partial charge on any atom is -0.489 e. The predicted molar refractivity (Wildman–Crippen MR) is 114 cm³/mol. The zero-order valence-electron chi connectivity index (χ0n) is 16.6. The average molecular weight is 418 g/mol. The van der Waals surface area contributed by atoms with E-state index in [1.165, 1.54) is 11.9 Å². The van der Waals surface area contributed by atoms with E-state index in [0.717, 1.165) is 42.7 Å². The first-order valence-electron chi connectivity index (χ1n) is 9.64. The van der Waals surface area contributed by atoms with Gasteiger partial charge in [0.2, 0.25) is 5.95 Å². The van der Waals surface area contributed by atoms with E-state index in [-0.39, 0.29) is 25.1 Å². The highest BCUT2D eigenvalue weighted by Crippen LogP contribution is 2.32. The van der Waals surface area contributed by atoms with Crippen LogP contribution in [-0.4, -0.2) is 35.8 Å². The van der Waals surface area contributed by atoms with Crippen molar-refractivity contribution in [1.82, 2.24) is 9.97 Å². The molecule has 0 spiro atoms. The van der Waals surface area contributed by atoms with Crippen LogP contribution in [0.5, 0.6) is 5.75 Å². The number of fused-ring (bicyclic) bond motifs is 1. The summed E-state index contributed by atoms with van der Waals surface area (Å²) < 4.78 is 25.3. The van der Waals surface area contributed by atoms with Crippen LogP contribution in [0, 0.1) is 12.9 Å². The zero-order chi connectivity index (χ0) is 19.5. The summed E-state index contributed by atoms with van der Waals surface area (Å²) in [6, 6.07) is 11.3. The molecule has 3 aromatic rings. The molecule has 2 aromatic heterocycles. The van der Waals surface area contributed by atoms with E-state index >= 15 is 0 Å². The first-order valence-corrected chi connectivity index (χ1v) is 9.64. The second kappa shape index (κ2) is 9.37. The predicted octanol–water partition coefficient (Wildman–Crippen LogP) is 4.69. The van der Waals surface area contributed by atoms with Gasteiger partial charge in [0.1, 0.15) is 12.4 Å². The third-order valence-corrected chi connectivity index (χ3v) is 5.01. The van der Waals surface area contributed by atoms with Crippen molar-refractivity contribution in [1.29, 1.82) is 0 Å². The summed E-state index contributed by atoms with van der Waals surface area (Å²) in [6.45, 7) is 6.77. The summed E-state index contributed by atoms with van der Waals surface area (Å²) in [4.78, 5) is 10.7. The van der Waals surface area contributed by atoms with Gasteiger partial charge in [0.25, 0.3) is 0 Å². The van der Waals surface area contributed by atoms with Gasteiger partial charge in [-0.05, 0) is 50.6 Å². The van der Waals surface area contributed by atoms with E-state index in [1.807, 2.05) is 32.0 Å². The molecule has 4 rings (SSSR count). The summed E-state index contributed by atoms with van der Waals surface area (Å²) >= 11 is 0. The lowest BCUT2D eigenvalue weighted by molar-refractivity contribution is 0.0788. The molecule has 0 saturated carbocycles. The van der Waals surface area contributed by atoms with E-state index in [0.29, 0.717) is 11.3 Å². The quantitative estimate of drug-likeness (QED) is 0.544. The van der Waals surface area contributed by atoms with Crippen LogP contribution in [-0.2, 0) is 11.3 Å². The fraction of sp³-hybridized carbons (Fsp3) is 0.364.